The summed E-state index contributed by atoms with van der Waals surface area (Å²) in [5.41, 5.74) is 8.73. The molecule has 0 amide bonds. The number of halogens is 1. The lowest BCUT2D eigenvalue weighted by molar-refractivity contribution is 0.422. The molecule has 5 nitrogen and oxygen atoms in total. The van der Waals surface area contributed by atoms with E-state index in [0.29, 0.717) is 37.9 Å². The molecule has 0 spiro atoms. The van der Waals surface area contributed by atoms with E-state index in [1.165, 1.54) is 6.07 Å². The van der Waals surface area contributed by atoms with Gasteiger partial charge in [0, 0.05) is 11.5 Å². The molecule has 0 saturated carbocycles. The molecule has 1 aromatic carbocycles. The maximum absolute atomic E-state index is 13.7. The average molecular weight is 259 g/mol. The Morgan fingerprint density at radius 2 is 2.42 bits per heavy atom. The summed E-state index contributed by atoms with van der Waals surface area (Å²) in [5, 5.41) is 16.1. The van der Waals surface area contributed by atoms with Crippen LogP contribution in [-0.4, -0.2) is 13.1 Å². The summed E-state index contributed by atoms with van der Waals surface area (Å²) in [5.74, 6) is -0.245. The van der Waals surface area contributed by atoms with Crippen molar-refractivity contribution < 1.29 is 4.39 Å². The van der Waals surface area contributed by atoms with Gasteiger partial charge in [-0.3, -0.25) is 5.32 Å². The number of hydrogen-bond donors (Lipinski definition) is 1. The van der Waals surface area contributed by atoms with Gasteiger partial charge in [0.05, 0.1) is 6.07 Å². The van der Waals surface area contributed by atoms with Crippen LogP contribution in [0.25, 0.3) is 10.4 Å². The van der Waals surface area contributed by atoms with Crippen molar-refractivity contribution in [3.05, 3.63) is 45.6 Å². The van der Waals surface area contributed by atoms with Crippen molar-refractivity contribution in [1.82, 2.24) is 5.32 Å². The Morgan fingerprint density at radius 1 is 1.58 bits per heavy atom. The smallest absolute Gasteiger partial charge is 0.132 e. The third kappa shape index (κ3) is 2.53. The molecule has 98 valence electrons. The SMILES string of the molecule is N#CC1(NCCCN=[N+]=[N-])CCc2c(F)cccc21. The molecule has 6 heteroatoms. The third-order valence-electron chi connectivity index (χ3n) is 3.44. The van der Waals surface area contributed by atoms with E-state index in [9.17, 15) is 9.65 Å². The van der Waals surface area contributed by atoms with Crippen molar-refractivity contribution in [3.8, 4) is 6.07 Å². The Bertz CT molecular complexity index is 559. The van der Waals surface area contributed by atoms with Gasteiger partial charge in [-0.05, 0) is 48.5 Å². The Labute approximate surface area is 110 Å². The summed E-state index contributed by atoms with van der Waals surface area (Å²) >= 11 is 0. The minimum absolute atomic E-state index is 0.245. The summed E-state index contributed by atoms with van der Waals surface area (Å²) in [4.78, 5) is 2.67. The first kappa shape index (κ1) is 13.3. The van der Waals surface area contributed by atoms with Crippen LogP contribution in [0.2, 0.25) is 0 Å². The van der Waals surface area contributed by atoms with Crippen molar-refractivity contribution in [2.45, 2.75) is 24.8 Å². The van der Waals surface area contributed by atoms with Crippen molar-refractivity contribution >= 4 is 0 Å². The van der Waals surface area contributed by atoms with E-state index < -0.39 is 5.54 Å². The molecular weight excluding hydrogens is 245 g/mol. The number of hydrogen-bond acceptors (Lipinski definition) is 3. The number of nitriles is 1. The van der Waals surface area contributed by atoms with Crippen LogP contribution in [0.5, 0.6) is 0 Å². The van der Waals surface area contributed by atoms with Gasteiger partial charge in [-0.15, -0.1) is 0 Å². The lowest BCUT2D eigenvalue weighted by Crippen LogP contribution is -2.39. The highest BCUT2D eigenvalue weighted by atomic mass is 19.1. The van der Waals surface area contributed by atoms with Crippen LogP contribution < -0.4 is 5.32 Å². The van der Waals surface area contributed by atoms with Gasteiger partial charge in [0.2, 0.25) is 0 Å². The van der Waals surface area contributed by atoms with Crippen molar-refractivity contribution in [2.24, 2.45) is 5.11 Å². The lowest BCUT2D eigenvalue weighted by atomic mass is 9.93. The van der Waals surface area contributed by atoms with E-state index in [1.807, 2.05) is 0 Å². The summed E-state index contributed by atoms with van der Waals surface area (Å²) in [6.45, 7) is 0.948. The molecule has 1 unspecified atom stereocenters. The normalized spacial score (nSPS) is 20.4. The zero-order chi connectivity index (χ0) is 13.7. The highest BCUT2D eigenvalue weighted by Gasteiger charge is 2.39. The minimum atomic E-state index is -0.812. The first-order valence-electron chi connectivity index (χ1n) is 6.18. The summed E-state index contributed by atoms with van der Waals surface area (Å²) in [7, 11) is 0. The first-order valence-corrected chi connectivity index (χ1v) is 6.18. The van der Waals surface area contributed by atoms with Crippen LogP contribution in [0.15, 0.2) is 23.3 Å². The van der Waals surface area contributed by atoms with E-state index >= 15 is 0 Å². The van der Waals surface area contributed by atoms with E-state index in [2.05, 4.69) is 21.4 Å². The molecule has 1 aliphatic carbocycles. The molecule has 0 fully saturated rings. The Hall–Kier alpha value is -2.09. The van der Waals surface area contributed by atoms with E-state index in [4.69, 9.17) is 5.53 Å². The molecule has 0 aliphatic heterocycles. The zero-order valence-electron chi connectivity index (χ0n) is 10.4. The molecule has 2 rings (SSSR count). The molecule has 1 aliphatic rings. The quantitative estimate of drug-likeness (QED) is 0.381. The number of nitrogens with one attached hydrogen (secondary N) is 1. The molecular formula is C13H14FN5. The largest absolute Gasteiger partial charge is 0.296 e. The molecule has 0 bridgehead atoms. The van der Waals surface area contributed by atoms with Crippen LogP contribution in [-0.2, 0) is 12.0 Å². The van der Waals surface area contributed by atoms with Crippen LogP contribution in [0, 0.1) is 17.1 Å². The maximum atomic E-state index is 13.7. The molecule has 0 saturated heterocycles. The topological polar surface area (TPSA) is 84.6 Å². The Kier molecular flexibility index (Phi) is 4.00. The summed E-state index contributed by atoms with van der Waals surface area (Å²) < 4.78 is 13.7. The maximum Gasteiger partial charge on any atom is 0.132 e. The van der Waals surface area contributed by atoms with Crippen molar-refractivity contribution in [2.75, 3.05) is 13.1 Å². The fraction of sp³-hybridized carbons (Fsp3) is 0.462. The van der Waals surface area contributed by atoms with Crippen LogP contribution >= 0.6 is 0 Å². The number of rotatable bonds is 5. The molecule has 1 N–H and O–H groups in total. The Balaban J connectivity index is 2.12. The van der Waals surface area contributed by atoms with Gasteiger partial charge in [-0.1, -0.05) is 17.2 Å². The van der Waals surface area contributed by atoms with Crippen LogP contribution in [0.1, 0.15) is 24.0 Å². The fourth-order valence-electron chi connectivity index (χ4n) is 2.50. The lowest BCUT2D eigenvalue weighted by Gasteiger charge is -2.23. The van der Waals surface area contributed by atoms with Crippen LogP contribution in [0.4, 0.5) is 4.39 Å². The standard InChI is InChI=1S/C13H14FN5/c14-12-4-1-3-11-10(12)5-6-13(11,9-15)17-7-2-8-18-19-16/h1,3-4,17H,2,5-8H2. The van der Waals surface area contributed by atoms with Crippen LogP contribution in [0.3, 0.4) is 0 Å². The Morgan fingerprint density at radius 3 is 3.16 bits per heavy atom. The van der Waals surface area contributed by atoms with Gasteiger partial charge in [-0.2, -0.15) is 5.26 Å². The van der Waals surface area contributed by atoms with Gasteiger partial charge >= 0.3 is 0 Å². The van der Waals surface area contributed by atoms with Gasteiger partial charge in [0.1, 0.15) is 11.4 Å². The predicted molar refractivity (Wildman–Crippen MR) is 68.6 cm³/mol. The monoisotopic (exact) mass is 259 g/mol. The molecule has 0 heterocycles. The third-order valence-corrected chi connectivity index (χ3v) is 3.44. The second-order valence-electron chi connectivity index (χ2n) is 4.52. The predicted octanol–water partition coefficient (Wildman–Crippen LogP) is 2.78. The second kappa shape index (κ2) is 5.70. The summed E-state index contributed by atoms with van der Waals surface area (Å²) in [6, 6.07) is 7.13. The molecule has 1 aromatic rings. The average Bonchev–Trinajstić information content (AvgIpc) is 2.80. The molecule has 19 heavy (non-hydrogen) atoms. The van der Waals surface area contributed by atoms with E-state index in [-0.39, 0.29) is 5.82 Å². The van der Waals surface area contributed by atoms with Gasteiger partial charge in [-0.25, -0.2) is 4.39 Å². The van der Waals surface area contributed by atoms with E-state index in [0.717, 1.165) is 5.56 Å². The molecule has 1 atom stereocenters. The molecule has 0 radical (unpaired) electrons. The van der Waals surface area contributed by atoms with Gasteiger partial charge in [0.15, 0.2) is 0 Å². The number of azide groups is 1. The molecule has 0 aromatic heterocycles. The van der Waals surface area contributed by atoms with Gasteiger partial charge in [0.25, 0.3) is 0 Å². The second-order valence-corrected chi connectivity index (χ2v) is 4.52. The number of fused-ring (bicyclic) bond motifs is 1. The number of benzene rings is 1. The van der Waals surface area contributed by atoms with Crippen molar-refractivity contribution in [1.29, 1.82) is 5.26 Å². The van der Waals surface area contributed by atoms with Gasteiger partial charge < -0.3 is 0 Å². The van der Waals surface area contributed by atoms with Crippen molar-refractivity contribution in [3.63, 3.8) is 0 Å². The van der Waals surface area contributed by atoms with E-state index in [1.54, 1.807) is 12.1 Å². The highest BCUT2D eigenvalue weighted by molar-refractivity contribution is 5.44. The number of nitrogens with zero attached hydrogens (tertiary/aromatic N) is 4. The zero-order valence-corrected chi connectivity index (χ0v) is 10.4. The first-order chi connectivity index (χ1) is 9.23. The highest BCUT2D eigenvalue weighted by Crippen LogP contribution is 2.37. The fourth-order valence-corrected chi connectivity index (χ4v) is 2.50. The summed E-state index contributed by atoms with van der Waals surface area (Å²) in [6.07, 6.45) is 1.79. The minimum Gasteiger partial charge on any atom is -0.296 e.